The Hall–Kier alpha value is -1.92. The van der Waals surface area contributed by atoms with E-state index in [0.29, 0.717) is 18.4 Å². The van der Waals surface area contributed by atoms with Gasteiger partial charge >= 0.3 is 0 Å². The van der Waals surface area contributed by atoms with Crippen molar-refractivity contribution in [2.45, 2.75) is 64.2 Å². The molecule has 3 atom stereocenters. The Morgan fingerprint density at radius 3 is 2.59 bits per heavy atom. The molecule has 0 N–H and O–H groups in total. The third-order valence-corrected chi connectivity index (χ3v) is 7.55. The minimum atomic E-state index is -0.753. The summed E-state index contributed by atoms with van der Waals surface area (Å²) in [6, 6.07) is 0.645. The van der Waals surface area contributed by atoms with Crippen molar-refractivity contribution in [2.75, 3.05) is 41.3 Å². The number of hydrogen-bond donors (Lipinski definition) is 0. The number of aliphatic imine (C=N–C) groups is 1. The highest BCUT2D eigenvalue weighted by Crippen LogP contribution is 2.37. The highest BCUT2D eigenvalue weighted by Gasteiger charge is 2.40. The first-order valence-electron chi connectivity index (χ1n) is 12.1. The van der Waals surface area contributed by atoms with E-state index in [9.17, 15) is 4.39 Å². The predicted molar refractivity (Wildman–Crippen MR) is 131 cm³/mol. The van der Waals surface area contributed by atoms with Crippen LogP contribution < -0.4 is 0 Å². The number of likely N-dealkylation sites (N-methyl/N-ethyl adjacent to an activating group) is 2. The molecule has 32 heavy (non-hydrogen) atoms. The summed E-state index contributed by atoms with van der Waals surface area (Å²) >= 11 is 0. The maximum absolute atomic E-state index is 13.4. The molecule has 5 nitrogen and oxygen atoms in total. The smallest absolute Gasteiger partial charge is 0.0977 e. The zero-order valence-corrected chi connectivity index (χ0v) is 20.7. The van der Waals surface area contributed by atoms with Crippen molar-refractivity contribution in [3.05, 3.63) is 47.0 Å². The molecule has 1 saturated carbocycles. The van der Waals surface area contributed by atoms with Gasteiger partial charge in [0.15, 0.2) is 0 Å². The van der Waals surface area contributed by atoms with Crippen LogP contribution in [-0.2, 0) is 0 Å². The number of allylic oxidation sites excluding steroid dienone is 3. The van der Waals surface area contributed by atoms with Crippen molar-refractivity contribution >= 4 is 5.71 Å². The lowest BCUT2D eigenvalue weighted by molar-refractivity contribution is 0.0688. The molecule has 3 unspecified atom stereocenters. The van der Waals surface area contributed by atoms with Crippen LogP contribution in [0.15, 0.2) is 52.0 Å². The van der Waals surface area contributed by atoms with Gasteiger partial charge in [-0.1, -0.05) is 12.5 Å². The fourth-order valence-corrected chi connectivity index (χ4v) is 5.63. The molecular formula is C26H40FN5. The summed E-state index contributed by atoms with van der Waals surface area (Å²) in [6.45, 7) is 5.56. The Balaban J connectivity index is 1.52. The lowest BCUT2D eigenvalue weighted by Gasteiger charge is -2.40. The van der Waals surface area contributed by atoms with Crippen molar-refractivity contribution in [1.82, 2.24) is 19.8 Å². The molecule has 3 heterocycles. The second-order valence-corrected chi connectivity index (χ2v) is 10.3. The summed E-state index contributed by atoms with van der Waals surface area (Å²) in [4.78, 5) is 9.55. The van der Waals surface area contributed by atoms with E-state index in [1.807, 2.05) is 6.20 Å². The normalized spacial score (nSPS) is 26.1. The highest BCUT2D eigenvalue weighted by molar-refractivity contribution is 6.06. The van der Waals surface area contributed by atoms with E-state index in [-0.39, 0.29) is 6.04 Å². The Labute approximate surface area is 193 Å². The maximum Gasteiger partial charge on any atom is 0.0977 e. The molecule has 0 radical (unpaired) electrons. The lowest BCUT2D eigenvalue weighted by atomic mass is 9.75. The van der Waals surface area contributed by atoms with Crippen LogP contribution in [0.3, 0.4) is 0 Å². The maximum atomic E-state index is 13.4. The highest BCUT2D eigenvalue weighted by atomic mass is 19.1. The van der Waals surface area contributed by atoms with Gasteiger partial charge in [-0.15, -0.1) is 0 Å². The van der Waals surface area contributed by atoms with Gasteiger partial charge < -0.3 is 14.8 Å². The summed E-state index contributed by atoms with van der Waals surface area (Å²) < 4.78 is 13.4. The van der Waals surface area contributed by atoms with Crippen LogP contribution in [0.1, 0.15) is 46.0 Å². The number of nitrogens with zero attached hydrogens (tertiary/aromatic N) is 5. The molecule has 6 heteroatoms. The van der Waals surface area contributed by atoms with Crippen molar-refractivity contribution in [3.8, 4) is 0 Å². The van der Waals surface area contributed by atoms with Crippen molar-refractivity contribution in [3.63, 3.8) is 0 Å². The summed E-state index contributed by atoms with van der Waals surface area (Å²) in [5.74, 6) is 0.712. The Morgan fingerprint density at radius 2 is 2.00 bits per heavy atom. The van der Waals surface area contributed by atoms with Crippen LogP contribution in [0.4, 0.5) is 4.39 Å². The molecule has 4 aliphatic rings. The minimum absolute atomic E-state index is 0.255. The molecule has 1 fully saturated rings. The fraction of sp³-hybridized carbons (Fsp3) is 0.654. The van der Waals surface area contributed by atoms with Crippen LogP contribution in [0.25, 0.3) is 0 Å². The molecular weight excluding hydrogens is 401 g/mol. The molecule has 0 aromatic rings. The van der Waals surface area contributed by atoms with Gasteiger partial charge in [0.2, 0.25) is 0 Å². The fourth-order valence-electron chi connectivity index (χ4n) is 5.63. The Morgan fingerprint density at radius 1 is 1.25 bits per heavy atom. The third kappa shape index (κ3) is 4.58. The molecule has 3 aliphatic heterocycles. The van der Waals surface area contributed by atoms with E-state index < -0.39 is 6.17 Å². The zero-order chi connectivity index (χ0) is 23.0. The zero-order valence-electron chi connectivity index (χ0n) is 20.7. The molecule has 0 saturated heterocycles. The first-order valence-corrected chi connectivity index (χ1v) is 12.1. The number of hydrazine groups is 1. The van der Waals surface area contributed by atoms with E-state index in [1.54, 1.807) is 6.92 Å². The second kappa shape index (κ2) is 9.52. The summed E-state index contributed by atoms with van der Waals surface area (Å²) in [7, 11) is 8.69. The molecule has 0 bridgehead atoms. The van der Waals surface area contributed by atoms with Gasteiger partial charge in [0.1, 0.15) is 0 Å². The molecule has 0 aromatic carbocycles. The first kappa shape index (κ1) is 23.2. The van der Waals surface area contributed by atoms with Gasteiger partial charge in [-0.05, 0) is 76.8 Å². The Kier molecular flexibility index (Phi) is 6.91. The van der Waals surface area contributed by atoms with Crippen molar-refractivity contribution in [1.29, 1.82) is 0 Å². The van der Waals surface area contributed by atoms with E-state index in [4.69, 9.17) is 4.99 Å². The number of alkyl halides is 1. The third-order valence-electron chi connectivity index (χ3n) is 7.55. The quantitative estimate of drug-likeness (QED) is 0.558. The molecule has 0 aromatic heterocycles. The summed E-state index contributed by atoms with van der Waals surface area (Å²) in [5, 5.41) is 4.69. The van der Waals surface area contributed by atoms with Gasteiger partial charge in [-0.3, -0.25) is 4.99 Å². The lowest BCUT2D eigenvalue weighted by Crippen LogP contribution is -2.48. The standard InChI is InChI=1S/C26H40FN5/c1-18-14-20(15-30(5)23(18)11-10-19(2)27)16-32-17-22-24(31(32)6)12-13-28-25(22)26(29(3)4)21-8-7-9-21/h12-14,17,19,21,24,26H,7-11,15-16H2,1-6H3. The van der Waals surface area contributed by atoms with E-state index in [0.717, 1.165) is 19.5 Å². The molecule has 0 spiro atoms. The molecule has 1 aliphatic carbocycles. The van der Waals surface area contributed by atoms with E-state index in [1.165, 1.54) is 47.4 Å². The number of rotatable bonds is 8. The molecule has 176 valence electrons. The molecule has 4 rings (SSSR count). The van der Waals surface area contributed by atoms with Gasteiger partial charge in [-0.2, -0.15) is 0 Å². The van der Waals surface area contributed by atoms with Gasteiger partial charge in [0, 0.05) is 44.3 Å². The second-order valence-electron chi connectivity index (χ2n) is 10.3. The van der Waals surface area contributed by atoms with Gasteiger partial charge in [0.25, 0.3) is 0 Å². The first-order chi connectivity index (χ1) is 15.3. The summed E-state index contributed by atoms with van der Waals surface area (Å²) in [6.07, 6.45) is 13.4. The van der Waals surface area contributed by atoms with Crippen LogP contribution in [0.2, 0.25) is 0 Å². The van der Waals surface area contributed by atoms with Crippen LogP contribution in [-0.4, -0.2) is 85.1 Å². The Bertz CT molecular complexity index is 861. The van der Waals surface area contributed by atoms with Crippen molar-refractivity contribution in [2.24, 2.45) is 10.9 Å². The van der Waals surface area contributed by atoms with Crippen molar-refractivity contribution < 1.29 is 4.39 Å². The predicted octanol–water partition coefficient (Wildman–Crippen LogP) is 4.38. The van der Waals surface area contributed by atoms with Crippen LogP contribution in [0, 0.1) is 5.92 Å². The van der Waals surface area contributed by atoms with Gasteiger partial charge in [0.05, 0.1) is 30.5 Å². The number of fused-ring (bicyclic) bond motifs is 1. The van der Waals surface area contributed by atoms with E-state index >= 15 is 0 Å². The average Bonchev–Trinajstić information content (AvgIpc) is 2.99. The van der Waals surface area contributed by atoms with Crippen LogP contribution >= 0.6 is 0 Å². The molecule has 0 amide bonds. The largest absolute Gasteiger partial charge is 0.374 e. The van der Waals surface area contributed by atoms with Crippen LogP contribution in [0.5, 0.6) is 0 Å². The number of hydrogen-bond acceptors (Lipinski definition) is 5. The average molecular weight is 442 g/mol. The SMILES string of the molecule is CC1=C(CCC(C)F)N(C)CC(CN2C=C3C(C(C4CCC4)N(C)C)=NC=CC3N2C)=C1. The summed E-state index contributed by atoms with van der Waals surface area (Å²) in [5.41, 5.74) is 6.51. The monoisotopic (exact) mass is 441 g/mol. The minimum Gasteiger partial charge on any atom is -0.374 e. The van der Waals surface area contributed by atoms with Gasteiger partial charge in [-0.25, -0.2) is 9.40 Å². The number of halogens is 1. The topological polar surface area (TPSA) is 25.3 Å². The van der Waals surface area contributed by atoms with E-state index in [2.05, 4.69) is 73.3 Å².